The fourth-order valence-corrected chi connectivity index (χ4v) is 1.51. The van der Waals surface area contributed by atoms with Gasteiger partial charge >= 0.3 is 5.97 Å². The Morgan fingerprint density at radius 2 is 2.05 bits per heavy atom. The van der Waals surface area contributed by atoms with E-state index in [0.29, 0.717) is 23.6 Å². The maximum absolute atomic E-state index is 11.3. The maximum Gasteiger partial charge on any atom is 0.307 e. The normalized spacial score (nSPS) is 9.79. The summed E-state index contributed by atoms with van der Waals surface area (Å²) in [7, 11) is 1.46. The zero-order chi connectivity index (χ0) is 14.3. The van der Waals surface area contributed by atoms with Crippen LogP contribution in [0, 0.1) is 0 Å². The highest BCUT2D eigenvalue weighted by Gasteiger charge is 2.09. The maximum atomic E-state index is 11.3. The van der Waals surface area contributed by atoms with Crippen LogP contribution in [0.1, 0.15) is 12.5 Å². The number of rotatable bonds is 7. The van der Waals surface area contributed by atoms with E-state index in [1.807, 2.05) is 6.92 Å². The zero-order valence-electron chi connectivity index (χ0n) is 10.9. The molecule has 0 aromatic heterocycles. The van der Waals surface area contributed by atoms with Crippen molar-refractivity contribution < 1.29 is 24.2 Å². The number of methoxy groups -OCH3 is 1. The highest BCUT2D eigenvalue weighted by molar-refractivity contribution is 5.77. The van der Waals surface area contributed by atoms with Crippen LogP contribution in [0.5, 0.6) is 11.5 Å². The predicted octanol–water partition coefficient (Wildman–Crippen LogP) is 0.837. The second-order valence-electron chi connectivity index (χ2n) is 3.80. The number of likely N-dealkylation sites (N-methyl/N-ethyl adjacent to an activating group) is 1. The summed E-state index contributed by atoms with van der Waals surface area (Å²) < 4.78 is 10.4. The van der Waals surface area contributed by atoms with E-state index in [1.54, 1.807) is 18.2 Å². The van der Waals surface area contributed by atoms with Crippen LogP contribution in [0.25, 0.3) is 0 Å². The van der Waals surface area contributed by atoms with Crippen LogP contribution in [0.2, 0.25) is 0 Å². The molecule has 0 unspecified atom stereocenters. The van der Waals surface area contributed by atoms with Crippen molar-refractivity contribution in [3.63, 3.8) is 0 Å². The number of benzene rings is 1. The lowest BCUT2D eigenvalue weighted by Gasteiger charge is -2.11. The lowest BCUT2D eigenvalue weighted by molar-refractivity contribution is -0.136. The molecule has 1 aromatic carbocycles. The van der Waals surface area contributed by atoms with Gasteiger partial charge in [0.25, 0.3) is 5.91 Å². The van der Waals surface area contributed by atoms with Crippen molar-refractivity contribution in [3.05, 3.63) is 23.8 Å². The van der Waals surface area contributed by atoms with Gasteiger partial charge in [-0.3, -0.25) is 9.59 Å². The molecule has 0 fully saturated rings. The quantitative estimate of drug-likeness (QED) is 0.764. The summed E-state index contributed by atoms with van der Waals surface area (Å²) in [5.74, 6) is -0.330. The molecule has 19 heavy (non-hydrogen) atoms. The van der Waals surface area contributed by atoms with Crippen molar-refractivity contribution in [2.75, 3.05) is 20.3 Å². The molecule has 1 aromatic rings. The van der Waals surface area contributed by atoms with E-state index in [1.165, 1.54) is 7.11 Å². The monoisotopic (exact) mass is 267 g/mol. The van der Waals surface area contributed by atoms with Gasteiger partial charge in [-0.05, 0) is 24.6 Å². The van der Waals surface area contributed by atoms with Crippen molar-refractivity contribution in [1.29, 1.82) is 0 Å². The number of nitrogens with one attached hydrogen (secondary N) is 1. The molecule has 0 atom stereocenters. The zero-order valence-corrected chi connectivity index (χ0v) is 10.9. The lowest BCUT2D eigenvalue weighted by atomic mass is 10.1. The first-order valence-electron chi connectivity index (χ1n) is 5.85. The molecule has 0 heterocycles. The number of carboxylic acids is 1. The van der Waals surface area contributed by atoms with Gasteiger partial charge in [-0.25, -0.2) is 0 Å². The van der Waals surface area contributed by atoms with E-state index in [2.05, 4.69) is 5.32 Å². The van der Waals surface area contributed by atoms with Crippen LogP contribution >= 0.6 is 0 Å². The van der Waals surface area contributed by atoms with E-state index in [4.69, 9.17) is 14.6 Å². The van der Waals surface area contributed by atoms with E-state index in [0.717, 1.165) is 0 Å². The average Bonchev–Trinajstić information content (AvgIpc) is 2.36. The SMILES string of the molecule is CCNC(=O)COc1ccc(CC(=O)O)cc1OC. The van der Waals surface area contributed by atoms with Crippen molar-refractivity contribution in [1.82, 2.24) is 5.32 Å². The van der Waals surface area contributed by atoms with Gasteiger partial charge in [-0.1, -0.05) is 6.07 Å². The van der Waals surface area contributed by atoms with Crippen molar-refractivity contribution in [3.8, 4) is 11.5 Å². The molecular weight excluding hydrogens is 250 g/mol. The van der Waals surface area contributed by atoms with Gasteiger partial charge in [0.1, 0.15) is 0 Å². The number of aliphatic carboxylic acids is 1. The second kappa shape index (κ2) is 7.25. The molecule has 0 aliphatic heterocycles. The Bertz CT molecular complexity index is 458. The molecule has 0 spiro atoms. The van der Waals surface area contributed by atoms with Crippen LogP contribution in [0.15, 0.2) is 18.2 Å². The smallest absolute Gasteiger partial charge is 0.307 e. The number of ether oxygens (including phenoxy) is 2. The Labute approximate surface area is 111 Å². The summed E-state index contributed by atoms with van der Waals surface area (Å²) in [6, 6.07) is 4.81. The summed E-state index contributed by atoms with van der Waals surface area (Å²) in [4.78, 5) is 21.9. The Morgan fingerprint density at radius 1 is 1.32 bits per heavy atom. The predicted molar refractivity (Wildman–Crippen MR) is 68.5 cm³/mol. The highest BCUT2D eigenvalue weighted by atomic mass is 16.5. The number of carboxylic acid groups (broad SMARTS) is 1. The van der Waals surface area contributed by atoms with E-state index >= 15 is 0 Å². The number of hydrogen-bond acceptors (Lipinski definition) is 4. The Hall–Kier alpha value is -2.24. The molecule has 0 bridgehead atoms. The van der Waals surface area contributed by atoms with Crippen LogP contribution in [-0.4, -0.2) is 37.2 Å². The van der Waals surface area contributed by atoms with Crippen molar-refractivity contribution in [2.45, 2.75) is 13.3 Å². The van der Waals surface area contributed by atoms with Gasteiger partial charge in [0, 0.05) is 6.54 Å². The fourth-order valence-electron chi connectivity index (χ4n) is 1.51. The summed E-state index contributed by atoms with van der Waals surface area (Å²) in [6.07, 6.45) is -0.0903. The molecule has 1 rings (SSSR count). The first-order valence-corrected chi connectivity index (χ1v) is 5.85. The fraction of sp³-hybridized carbons (Fsp3) is 0.385. The largest absolute Gasteiger partial charge is 0.493 e. The third-order valence-electron chi connectivity index (χ3n) is 2.32. The van der Waals surface area contributed by atoms with Crippen LogP contribution < -0.4 is 14.8 Å². The van der Waals surface area contributed by atoms with Gasteiger partial charge in [-0.15, -0.1) is 0 Å². The second-order valence-corrected chi connectivity index (χ2v) is 3.80. The molecule has 0 aliphatic carbocycles. The van der Waals surface area contributed by atoms with Gasteiger partial charge in [-0.2, -0.15) is 0 Å². The molecule has 0 aliphatic rings. The van der Waals surface area contributed by atoms with Gasteiger partial charge in [0.2, 0.25) is 0 Å². The highest BCUT2D eigenvalue weighted by Crippen LogP contribution is 2.28. The van der Waals surface area contributed by atoms with E-state index in [-0.39, 0.29) is 18.9 Å². The summed E-state index contributed by atoms with van der Waals surface area (Å²) in [5, 5.41) is 11.3. The van der Waals surface area contributed by atoms with E-state index in [9.17, 15) is 9.59 Å². The number of hydrogen-bond donors (Lipinski definition) is 2. The minimum absolute atomic E-state index is 0.0903. The van der Waals surface area contributed by atoms with Gasteiger partial charge in [0.05, 0.1) is 13.5 Å². The Balaban J connectivity index is 2.73. The van der Waals surface area contributed by atoms with Crippen molar-refractivity contribution >= 4 is 11.9 Å². The molecule has 104 valence electrons. The molecule has 2 N–H and O–H groups in total. The van der Waals surface area contributed by atoms with Crippen LogP contribution in [-0.2, 0) is 16.0 Å². The third kappa shape index (κ3) is 4.87. The number of carbonyl (C=O) groups excluding carboxylic acids is 1. The number of amides is 1. The number of carbonyl (C=O) groups is 2. The molecule has 0 saturated heterocycles. The summed E-state index contributed by atoms with van der Waals surface area (Å²) >= 11 is 0. The molecule has 0 radical (unpaired) electrons. The summed E-state index contributed by atoms with van der Waals surface area (Å²) in [5.41, 5.74) is 0.606. The molecular formula is C13H17NO5. The van der Waals surface area contributed by atoms with Crippen LogP contribution in [0.4, 0.5) is 0 Å². The first kappa shape index (κ1) is 14.8. The Morgan fingerprint density at radius 3 is 2.63 bits per heavy atom. The lowest BCUT2D eigenvalue weighted by Crippen LogP contribution is -2.28. The summed E-state index contributed by atoms with van der Waals surface area (Å²) in [6.45, 7) is 2.25. The molecule has 1 amide bonds. The minimum atomic E-state index is -0.918. The van der Waals surface area contributed by atoms with Crippen molar-refractivity contribution in [2.24, 2.45) is 0 Å². The van der Waals surface area contributed by atoms with E-state index < -0.39 is 5.97 Å². The van der Waals surface area contributed by atoms with Crippen LogP contribution in [0.3, 0.4) is 0 Å². The molecule has 0 saturated carbocycles. The molecule has 6 heteroatoms. The van der Waals surface area contributed by atoms with Gasteiger partial charge in [0.15, 0.2) is 18.1 Å². The first-order chi connectivity index (χ1) is 9.06. The Kier molecular flexibility index (Phi) is 5.66. The standard InChI is InChI=1S/C13H17NO5/c1-3-14-12(15)8-19-10-5-4-9(7-13(16)17)6-11(10)18-2/h4-6H,3,7-8H2,1-2H3,(H,14,15)(H,16,17). The average molecular weight is 267 g/mol. The van der Waals surface area contributed by atoms with Gasteiger partial charge < -0.3 is 19.9 Å². The molecule has 6 nitrogen and oxygen atoms in total. The topological polar surface area (TPSA) is 84.9 Å². The minimum Gasteiger partial charge on any atom is -0.493 e. The third-order valence-corrected chi connectivity index (χ3v) is 2.32.